The van der Waals surface area contributed by atoms with Crippen LogP contribution in [0.2, 0.25) is 0 Å². The van der Waals surface area contributed by atoms with Gasteiger partial charge < -0.3 is 5.73 Å². The maximum absolute atomic E-state index is 12.8. The van der Waals surface area contributed by atoms with E-state index in [4.69, 9.17) is 5.73 Å². The summed E-state index contributed by atoms with van der Waals surface area (Å²) in [5, 5.41) is 0. The first-order valence-corrected chi connectivity index (χ1v) is 4.65. The third-order valence-corrected chi connectivity index (χ3v) is 1.75. The smallest absolute Gasteiger partial charge is 0.125 e. The van der Waals surface area contributed by atoms with Gasteiger partial charge in [0.05, 0.1) is 0 Å². The summed E-state index contributed by atoms with van der Waals surface area (Å²) in [7, 11) is 0. The van der Waals surface area contributed by atoms with Gasteiger partial charge in [0, 0.05) is 12.1 Å². The minimum absolute atomic E-state index is 0.287. The molecule has 0 saturated heterocycles. The number of halogens is 1. The van der Waals surface area contributed by atoms with E-state index in [-0.39, 0.29) is 5.82 Å². The molecular formula is C11H15FN2. The van der Waals surface area contributed by atoms with Crippen molar-refractivity contribution in [3.63, 3.8) is 0 Å². The Balaban J connectivity index is 2.78. The highest BCUT2D eigenvalue weighted by Crippen LogP contribution is 2.03. The van der Waals surface area contributed by atoms with Gasteiger partial charge in [0.15, 0.2) is 0 Å². The highest BCUT2D eigenvalue weighted by Gasteiger charge is 1.99. The van der Waals surface area contributed by atoms with Crippen molar-refractivity contribution in [3.05, 3.63) is 35.6 Å². The monoisotopic (exact) mass is 194 g/mol. The number of rotatable bonds is 3. The lowest BCUT2D eigenvalue weighted by atomic mass is 10.2. The van der Waals surface area contributed by atoms with Crippen LogP contribution in [0.25, 0.3) is 0 Å². The van der Waals surface area contributed by atoms with Crippen LogP contribution < -0.4 is 5.73 Å². The lowest BCUT2D eigenvalue weighted by Crippen LogP contribution is -2.15. The van der Waals surface area contributed by atoms with E-state index in [1.165, 1.54) is 12.1 Å². The van der Waals surface area contributed by atoms with Crippen molar-refractivity contribution in [2.75, 3.05) is 6.54 Å². The molecular weight excluding hydrogens is 179 g/mol. The first-order chi connectivity index (χ1) is 6.59. The van der Waals surface area contributed by atoms with E-state index in [1.54, 1.807) is 12.1 Å². The van der Waals surface area contributed by atoms with Crippen molar-refractivity contribution < 1.29 is 4.39 Å². The van der Waals surface area contributed by atoms with Crippen LogP contribution in [0.1, 0.15) is 19.4 Å². The second kappa shape index (κ2) is 4.74. The largest absolute Gasteiger partial charge is 0.384 e. The molecule has 2 nitrogen and oxygen atoms in total. The minimum atomic E-state index is -0.287. The summed E-state index contributed by atoms with van der Waals surface area (Å²) in [5.41, 5.74) is 6.34. The second-order valence-corrected chi connectivity index (χ2v) is 3.63. The van der Waals surface area contributed by atoms with E-state index in [0.717, 1.165) is 0 Å². The molecule has 0 bridgehead atoms. The summed E-state index contributed by atoms with van der Waals surface area (Å²) in [5.74, 6) is 0.575. The molecule has 0 aliphatic carbocycles. The molecule has 0 aliphatic rings. The van der Waals surface area contributed by atoms with Crippen LogP contribution in [0.15, 0.2) is 29.3 Å². The topological polar surface area (TPSA) is 38.4 Å². The molecule has 0 fully saturated rings. The molecule has 0 heterocycles. The maximum atomic E-state index is 12.8. The standard InChI is InChI=1S/C11H15FN2/c1-8(2)7-14-11(13)9-4-3-5-10(12)6-9/h3-6,8H,7H2,1-2H3,(H2,13,14). The average Bonchev–Trinajstić information content (AvgIpc) is 2.14. The van der Waals surface area contributed by atoms with E-state index in [9.17, 15) is 4.39 Å². The first-order valence-electron chi connectivity index (χ1n) is 4.65. The fourth-order valence-electron chi connectivity index (χ4n) is 1.02. The predicted molar refractivity (Wildman–Crippen MR) is 56.8 cm³/mol. The molecule has 0 atom stereocenters. The molecule has 0 radical (unpaired) electrons. The SMILES string of the molecule is CC(C)CN=C(N)c1cccc(F)c1. The lowest BCUT2D eigenvalue weighted by molar-refractivity contribution is 0.627. The zero-order valence-electron chi connectivity index (χ0n) is 8.50. The predicted octanol–water partition coefficient (Wildman–Crippen LogP) is 2.19. The van der Waals surface area contributed by atoms with Gasteiger partial charge in [-0.2, -0.15) is 0 Å². The van der Waals surface area contributed by atoms with Gasteiger partial charge in [-0.1, -0.05) is 26.0 Å². The molecule has 3 heteroatoms. The van der Waals surface area contributed by atoms with Crippen LogP contribution in [-0.2, 0) is 0 Å². The Morgan fingerprint density at radius 3 is 2.79 bits per heavy atom. The van der Waals surface area contributed by atoms with Crippen LogP contribution >= 0.6 is 0 Å². The highest BCUT2D eigenvalue weighted by atomic mass is 19.1. The van der Waals surface area contributed by atoms with E-state index in [0.29, 0.717) is 23.9 Å². The van der Waals surface area contributed by atoms with E-state index in [1.807, 2.05) is 0 Å². The number of aliphatic imine (C=N–C) groups is 1. The molecule has 76 valence electrons. The summed E-state index contributed by atoms with van der Waals surface area (Å²) in [6.07, 6.45) is 0. The van der Waals surface area contributed by atoms with E-state index < -0.39 is 0 Å². The van der Waals surface area contributed by atoms with Crippen LogP contribution in [0.4, 0.5) is 4.39 Å². The lowest BCUT2D eigenvalue weighted by Gasteiger charge is -2.03. The zero-order chi connectivity index (χ0) is 10.6. The molecule has 0 aliphatic heterocycles. The number of nitrogens with zero attached hydrogens (tertiary/aromatic N) is 1. The van der Waals surface area contributed by atoms with Gasteiger partial charge in [0.1, 0.15) is 11.7 Å². The molecule has 0 amide bonds. The molecule has 0 spiro atoms. The van der Waals surface area contributed by atoms with Crippen molar-refractivity contribution >= 4 is 5.84 Å². The summed E-state index contributed by atoms with van der Waals surface area (Å²) >= 11 is 0. The Morgan fingerprint density at radius 1 is 1.50 bits per heavy atom. The van der Waals surface area contributed by atoms with Crippen LogP contribution in [0, 0.1) is 11.7 Å². The van der Waals surface area contributed by atoms with Crippen LogP contribution in [-0.4, -0.2) is 12.4 Å². The van der Waals surface area contributed by atoms with Gasteiger partial charge in [-0.15, -0.1) is 0 Å². The average molecular weight is 194 g/mol. The first kappa shape index (κ1) is 10.7. The Hall–Kier alpha value is -1.38. The summed E-state index contributed by atoms with van der Waals surface area (Å²) in [4.78, 5) is 4.16. The molecule has 14 heavy (non-hydrogen) atoms. The maximum Gasteiger partial charge on any atom is 0.125 e. The van der Waals surface area contributed by atoms with Crippen molar-refractivity contribution in [1.82, 2.24) is 0 Å². The van der Waals surface area contributed by atoms with Gasteiger partial charge >= 0.3 is 0 Å². The molecule has 2 N–H and O–H groups in total. The Morgan fingerprint density at radius 2 is 2.21 bits per heavy atom. The number of hydrogen-bond donors (Lipinski definition) is 1. The second-order valence-electron chi connectivity index (χ2n) is 3.63. The summed E-state index contributed by atoms with van der Waals surface area (Å²) < 4.78 is 12.8. The quantitative estimate of drug-likeness (QED) is 0.581. The normalized spacial score (nSPS) is 12.1. The fraction of sp³-hybridized carbons (Fsp3) is 0.364. The van der Waals surface area contributed by atoms with Crippen LogP contribution in [0.5, 0.6) is 0 Å². The Labute approximate surface area is 83.7 Å². The van der Waals surface area contributed by atoms with Gasteiger partial charge in [-0.05, 0) is 18.1 Å². The molecule has 1 aromatic rings. The van der Waals surface area contributed by atoms with Gasteiger partial charge in [0.2, 0.25) is 0 Å². The molecule has 1 rings (SSSR count). The van der Waals surface area contributed by atoms with Gasteiger partial charge in [-0.3, -0.25) is 4.99 Å². The van der Waals surface area contributed by atoms with E-state index in [2.05, 4.69) is 18.8 Å². The molecule has 0 aromatic heterocycles. The number of nitrogens with two attached hydrogens (primary N) is 1. The van der Waals surface area contributed by atoms with Gasteiger partial charge in [0.25, 0.3) is 0 Å². The number of benzene rings is 1. The summed E-state index contributed by atoms with van der Waals surface area (Å²) in [6, 6.07) is 6.16. The Bertz CT molecular complexity index is 332. The Kier molecular flexibility index (Phi) is 3.63. The van der Waals surface area contributed by atoms with Crippen molar-refractivity contribution in [1.29, 1.82) is 0 Å². The van der Waals surface area contributed by atoms with Crippen molar-refractivity contribution in [2.45, 2.75) is 13.8 Å². The molecule has 1 aromatic carbocycles. The fourth-order valence-corrected chi connectivity index (χ4v) is 1.02. The molecule has 0 saturated carbocycles. The van der Waals surface area contributed by atoms with E-state index >= 15 is 0 Å². The molecule has 0 unspecified atom stereocenters. The summed E-state index contributed by atoms with van der Waals surface area (Å²) in [6.45, 7) is 4.78. The highest BCUT2D eigenvalue weighted by molar-refractivity contribution is 5.97. The minimum Gasteiger partial charge on any atom is -0.384 e. The van der Waals surface area contributed by atoms with Crippen molar-refractivity contribution in [3.8, 4) is 0 Å². The van der Waals surface area contributed by atoms with Crippen LogP contribution in [0.3, 0.4) is 0 Å². The number of hydrogen-bond acceptors (Lipinski definition) is 1. The van der Waals surface area contributed by atoms with Crippen molar-refractivity contribution in [2.24, 2.45) is 16.6 Å². The van der Waals surface area contributed by atoms with Gasteiger partial charge in [-0.25, -0.2) is 4.39 Å². The zero-order valence-corrected chi connectivity index (χ0v) is 8.50. The number of amidine groups is 1. The third-order valence-electron chi connectivity index (χ3n) is 1.75. The third kappa shape index (κ3) is 3.17.